The van der Waals surface area contributed by atoms with Crippen LogP contribution in [0.25, 0.3) is 0 Å². The van der Waals surface area contributed by atoms with Gasteiger partial charge in [-0.1, -0.05) is 35.0 Å². The molecule has 0 aliphatic heterocycles. The second-order valence-electron chi connectivity index (χ2n) is 3.91. The topological polar surface area (TPSA) is 12.0 Å². The van der Waals surface area contributed by atoms with Crippen LogP contribution < -0.4 is 5.32 Å². The zero-order valence-electron chi connectivity index (χ0n) is 9.65. The lowest BCUT2D eigenvalue weighted by Crippen LogP contribution is -2.13. The number of hydrogen-bond acceptors (Lipinski definition) is 1. The van der Waals surface area contributed by atoms with E-state index in [4.69, 9.17) is 0 Å². The van der Waals surface area contributed by atoms with Gasteiger partial charge in [0.1, 0.15) is 0 Å². The Hall–Kier alpha value is -0.340. The lowest BCUT2D eigenvalue weighted by Gasteiger charge is -2.05. The molecule has 1 rings (SSSR count). The van der Waals surface area contributed by atoms with E-state index in [0.29, 0.717) is 0 Å². The van der Waals surface area contributed by atoms with Gasteiger partial charge in [-0.3, -0.25) is 0 Å². The van der Waals surface area contributed by atoms with Crippen molar-refractivity contribution in [3.05, 3.63) is 33.8 Å². The second-order valence-corrected chi connectivity index (χ2v) is 4.76. The summed E-state index contributed by atoms with van der Waals surface area (Å²) in [6.07, 6.45) is 3.69. The van der Waals surface area contributed by atoms with Gasteiger partial charge in [0.15, 0.2) is 0 Å². The lowest BCUT2D eigenvalue weighted by atomic mass is 10.1. The molecule has 0 heterocycles. The van der Waals surface area contributed by atoms with Crippen LogP contribution in [0.1, 0.15) is 30.9 Å². The Morgan fingerprint density at radius 1 is 1.27 bits per heavy atom. The Morgan fingerprint density at radius 2 is 2.07 bits per heavy atom. The molecule has 0 aliphatic rings. The molecule has 0 unspecified atom stereocenters. The molecule has 1 N–H and O–H groups in total. The van der Waals surface area contributed by atoms with Crippen molar-refractivity contribution in [2.45, 2.75) is 33.1 Å². The summed E-state index contributed by atoms with van der Waals surface area (Å²) in [6.45, 7) is 6.49. The van der Waals surface area contributed by atoms with Crippen molar-refractivity contribution in [2.24, 2.45) is 0 Å². The number of benzene rings is 1. The summed E-state index contributed by atoms with van der Waals surface area (Å²) in [5, 5.41) is 3.35. The van der Waals surface area contributed by atoms with Gasteiger partial charge in [0.05, 0.1) is 0 Å². The minimum absolute atomic E-state index is 1.08. The van der Waals surface area contributed by atoms with Crippen LogP contribution in [0.2, 0.25) is 0 Å². The molecule has 0 fully saturated rings. The maximum absolute atomic E-state index is 3.61. The smallest absolute Gasteiger partial charge is 0.0209 e. The molecule has 0 amide bonds. The first-order chi connectivity index (χ1) is 7.24. The maximum atomic E-state index is 3.61. The normalized spacial score (nSPS) is 10.6. The Bertz CT molecular complexity index is 297. The van der Waals surface area contributed by atoms with Crippen LogP contribution in [0.3, 0.4) is 0 Å². The van der Waals surface area contributed by atoms with E-state index in [1.165, 1.54) is 34.9 Å². The van der Waals surface area contributed by atoms with E-state index in [1.807, 2.05) is 0 Å². The van der Waals surface area contributed by atoms with E-state index in [2.05, 4.69) is 53.3 Å². The Kier molecular flexibility index (Phi) is 5.96. The molecule has 0 spiro atoms. The van der Waals surface area contributed by atoms with Gasteiger partial charge < -0.3 is 5.32 Å². The van der Waals surface area contributed by atoms with Gasteiger partial charge in [-0.15, -0.1) is 0 Å². The number of unbranched alkanes of at least 4 members (excludes halogenated alkanes) is 1. The Morgan fingerprint density at radius 3 is 2.73 bits per heavy atom. The lowest BCUT2D eigenvalue weighted by molar-refractivity contribution is 0.640. The first kappa shape index (κ1) is 12.7. The van der Waals surface area contributed by atoms with E-state index in [0.717, 1.165) is 13.1 Å². The van der Waals surface area contributed by atoms with E-state index in [9.17, 15) is 0 Å². The second kappa shape index (κ2) is 7.02. The number of hydrogen-bond donors (Lipinski definition) is 1. The first-order valence-corrected chi connectivity index (χ1v) is 6.49. The molecule has 0 aliphatic carbocycles. The average molecular weight is 270 g/mol. The molecule has 1 aromatic carbocycles. The molecule has 0 aromatic heterocycles. The summed E-state index contributed by atoms with van der Waals surface area (Å²) in [5.74, 6) is 0. The fourth-order valence-electron chi connectivity index (χ4n) is 1.60. The summed E-state index contributed by atoms with van der Waals surface area (Å²) in [4.78, 5) is 0. The first-order valence-electron chi connectivity index (χ1n) is 5.69. The van der Waals surface area contributed by atoms with Crippen LogP contribution >= 0.6 is 15.9 Å². The highest BCUT2D eigenvalue weighted by Gasteiger charge is 1.99. The highest BCUT2D eigenvalue weighted by Crippen LogP contribution is 2.19. The minimum Gasteiger partial charge on any atom is -0.317 e. The predicted octanol–water partition coefficient (Wildman–Crippen LogP) is 3.69. The standard InChI is InChI=1S/C13H20BrN/c1-3-15-9-5-4-6-12-8-7-11(2)10-13(12)14/h7-8,10,15H,3-6,9H2,1-2H3. The van der Waals surface area contributed by atoms with E-state index < -0.39 is 0 Å². The fraction of sp³-hybridized carbons (Fsp3) is 0.538. The van der Waals surface area contributed by atoms with Gasteiger partial charge in [-0.25, -0.2) is 0 Å². The molecule has 0 saturated carbocycles. The summed E-state index contributed by atoms with van der Waals surface area (Å²) in [5.41, 5.74) is 2.75. The molecular weight excluding hydrogens is 250 g/mol. The number of halogens is 1. The van der Waals surface area contributed by atoms with Gasteiger partial charge in [0.2, 0.25) is 0 Å². The van der Waals surface area contributed by atoms with E-state index in [1.54, 1.807) is 0 Å². The molecule has 0 bridgehead atoms. The van der Waals surface area contributed by atoms with Crippen LogP contribution in [-0.4, -0.2) is 13.1 Å². The Balaban J connectivity index is 2.31. The molecule has 15 heavy (non-hydrogen) atoms. The molecule has 0 radical (unpaired) electrons. The van der Waals surface area contributed by atoms with Crippen molar-refractivity contribution >= 4 is 15.9 Å². The van der Waals surface area contributed by atoms with Crippen LogP contribution in [0.4, 0.5) is 0 Å². The highest BCUT2D eigenvalue weighted by atomic mass is 79.9. The molecule has 1 nitrogen and oxygen atoms in total. The van der Waals surface area contributed by atoms with Gasteiger partial charge in [-0.05, 0) is 56.5 Å². The molecule has 1 aromatic rings. The van der Waals surface area contributed by atoms with E-state index >= 15 is 0 Å². The van der Waals surface area contributed by atoms with Crippen molar-refractivity contribution in [3.63, 3.8) is 0 Å². The third kappa shape index (κ3) is 4.80. The third-order valence-electron chi connectivity index (χ3n) is 2.51. The van der Waals surface area contributed by atoms with E-state index in [-0.39, 0.29) is 0 Å². The molecule has 0 saturated heterocycles. The molecule has 84 valence electrons. The van der Waals surface area contributed by atoms with Crippen molar-refractivity contribution in [2.75, 3.05) is 13.1 Å². The SMILES string of the molecule is CCNCCCCc1ccc(C)cc1Br. The third-order valence-corrected chi connectivity index (χ3v) is 3.25. The largest absolute Gasteiger partial charge is 0.317 e. The molecule has 2 heteroatoms. The molecular formula is C13H20BrN. The summed E-state index contributed by atoms with van der Waals surface area (Å²) >= 11 is 3.61. The number of aryl methyl sites for hydroxylation is 2. The fourth-order valence-corrected chi connectivity index (χ4v) is 2.29. The Labute approximate surface area is 101 Å². The van der Waals surface area contributed by atoms with Gasteiger partial charge in [-0.2, -0.15) is 0 Å². The highest BCUT2D eigenvalue weighted by molar-refractivity contribution is 9.10. The van der Waals surface area contributed by atoms with Crippen molar-refractivity contribution in [1.82, 2.24) is 5.32 Å². The van der Waals surface area contributed by atoms with Gasteiger partial charge in [0, 0.05) is 4.47 Å². The van der Waals surface area contributed by atoms with Crippen molar-refractivity contribution in [1.29, 1.82) is 0 Å². The zero-order valence-corrected chi connectivity index (χ0v) is 11.2. The monoisotopic (exact) mass is 269 g/mol. The number of nitrogens with one attached hydrogen (secondary N) is 1. The van der Waals surface area contributed by atoms with Crippen LogP contribution in [-0.2, 0) is 6.42 Å². The van der Waals surface area contributed by atoms with Crippen molar-refractivity contribution < 1.29 is 0 Å². The molecule has 0 atom stereocenters. The minimum atomic E-state index is 1.08. The summed E-state index contributed by atoms with van der Waals surface area (Å²) < 4.78 is 1.26. The summed E-state index contributed by atoms with van der Waals surface area (Å²) in [7, 11) is 0. The van der Waals surface area contributed by atoms with Crippen molar-refractivity contribution in [3.8, 4) is 0 Å². The predicted molar refractivity (Wildman–Crippen MR) is 70.4 cm³/mol. The van der Waals surface area contributed by atoms with Crippen LogP contribution in [0.15, 0.2) is 22.7 Å². The average Bonchev–Trinajstić information content (AvgIpc) is 2.20. The quantitative estimate of drug-likeness (QED) is 0.777. The summed E-state index contributed by atoms with van der Waals surface area (Å²) in [6, 6.07) is 6.61. The van der Waals surface area contributed by atoms with Crippen LogP contribution in [0, 0.1) is 6.92 Å². The maximum Gasteiger partial charge on any atom is 0.0209 e. The van der Waals surface area contributed by atoms with Gasteiger partial charge >= 0.3 is 0 Å². The van der Waals surface area contributed by atoms with Crippen LogP contribution in [0.5, 0.6) is 0 Å². The zero-order chi connectivity index (χ0) is 11.1. The number of rotatable bonds is 6. The van der Waals surface area contributed by atoms with Gasteiger partial charge in [0.25, 0.3) is 0 Å².